The number of primary amides is 1. The Morgan fingerprint density at radius 3 is 2.78 bits per heavy atom. The summed E-state index contributed by atoms with van der Waals surface area (Å²) in [6, 6.07) is 2.71. The predicted octanol–water partition coefficient (Wildman–Crippen LogP) is 0.218. The third-order valence-electron chi connectivity index (χ3n) is 3.17. The van der Waals surface area contributed by atoms with E-state index in [0.717, 1.165) is 12.8 Å². The standard InChI is InChI=1S/C12H17N3O3/c13-7-8-4-5-10(18-8)12(17)15-6-2-1-3-9(15)11(14)16/h4-5,9H,1-3,6-7,13H2,(H2,14,16). The molecule has 2 rings (SSSR count). The van der Waals surface area contributed by atoms with Crippen LogP contribution in [0, 0.1) is 0 Å². The van der Waals surface area contributed by atoms with Gasteiger partial charge in [-0.2, -0.15) is 0 Å². The molecule has 0 aliphatic carbocycles. The van der Waals surface area contributed by atoms with Crippen molar-refractivity contribution in [3.05, 3.63) is 23.7 Å². The highest BCUT2D eigenvalue weighted by molar-refractivity contribution is 5.95. The Morgan fingerprint density at radius 1 is 1.39 bits per heavy atom. The van der Waals surface area contributed by atoms with Gasteiger partial charge in [-0.1, -0.05) is 0 Å². The molecule has 0 bridgehead atoms. The molecule has 1 fully saturated rings. The van der Waals surface area contributed by atoms with Crippen molar-refractivity contribution in [3.63, 3.8) is 0 Å². The lowest BCUT2D eigenvalue weighted by Crippen LogP contribution is -2.50. The molecule has 1 atom stereocenters. The maximum atomic E-state index is 12.2. The molecule has 2 heterocycles. The number of hydrogen-bond acceptors (Lipinski definition) is 4. The van der Waals surface area contributed by atoms with E-state index in [1.54, 1.807) is 12.1 Å². The monoisotopic (exact) mass is 251 g/mol. The van der Waals surface area contributed by atoms with Crippen LogP contribution >= 0.6 is 0 Å². The smallest absolute Gasteiger partial charge is 0.290 e. The third-order valence-corrected chi connectivity index (χ3v) is 3.17. The summed E-state index contributed by atoms with van der Waals surface area (Å²) in [6.07, 6.45) is 2.40. The minimum absolute atomic E-state index is 0.212. The van der Waals surface area contributed by atoms with Crippen LogP contribution in [0.5, 0.6) is 0 Å². The zero-order chi connectivity index (χ0) is 13.1. The molecule has 6 nitrogen and oxygen atoms in total. The van der Waals surface area contributed by atoms with Gasteiger partial charge in [-0.15, -0.1) is 0 Å². The number of nitrogens with zero attached hydrogens (tertiary/aromatic N) is 1. The Kier molecular flexibility index (Phi) is 3.66. The molecule has 2 amide bonds. The van der Waals surface area contributed by atoms with Crippen LogP contribution in [-0.2, 0) is 11.3 Å². The second-order valence-corrected chi connectivity index (χ2v) is 4.38. The van der Waals surface area contributed by atoms with Crippen molar-refractivity contribution in [2.45, 2.75) is 31.8 Å². The quantitative estimate of drug-likeness (QED) is 0.802. The van der Waals surface area contributed by atoms with Crippen LogP contribution < -0.4 is 11.5 Å². The largest absolute Gasteiger partial charge is 0.455 e. The van der Waals surface area contributed by atoms with Gasteiger partial charge < -0.3 is 20.8 Å². The van der Waals surface area contributed by atoms with Gasteiger partial charge in [0.2, 0.25) is 5.91 Å². The number of rotatable bonds is 3. The van der Waals surface area contributed by atoms with E-state index in [4.69, 9.17) is 15.9 Å². The highest BCUT2D eigenvalue weighted by Crippen LogP contribution is 2.20. The first-order chi connectivity index (χ1) is 8.63. The van der Waals surface area contributed by atoms with Crippen molar-refractivity contribution in [1.29, 1.82) is 0 Å². The SMILES string of the molecule is NCc1ccc(C(=O)N2CCCCC2C(N)=O)o1. The summed E-state index contributed by atoms with van der Waals surface area (Å²) in [4.78, 5) is 25.1. The van der Waals surface area contributed by atoms with Crippen molar-refractivity contribution in [1.82, 2.24) is 4.90 Å². The molecular formula is C12H17N3O3. The average Bonchev–Trinajstić information content (AvgIpc) is 2.86. The summed E-state index contributed by atoms with van der Waals surface area (Å²) in [5.41, 5.74) is 10.7. The highest BCUT2D eigenvalue weighted by atomic mass is 16.4. The first-order valence-corrected chi connectivity index (χ1v) is 6.02. The Balaban J connectivity index is 2.17. The normalized spacial score (nSPS) is 19.8. The second kappa shape index (κ2) is 5.22. The molecule has 0 radical (unpaired) electrons. The van der Waals surface area contributed by atoms with E-state index >= 15 is 0 Å². The summed E-state index contributed by atoms with van der Waals surface area (Å²) >= 11 is 0. The number of carbonyl (C=O) groups is 2. The van der Waals surface area contributed by atoms with E-state index in [2.05, 4.69) is 0 Å². The molecule has 1 unspecified atom stereocenters. The number of furan rings is 1. The van der Waals surface area contributed by atoms with Crippen LogP contribution in [0.15, 0.2) is 16.5 Å². The fourth-order valence-corrected chi connectivity index (χ4v) is 2.21. The zero-order valence-corrected chi connectivity index (χ0v) is 10.1. The van der Waals surface area contributed by atoms with Crippen molar-refractivity contribution in [2.75, 3.05) is 6.54 Å². The molecule has 1 saturated heterocycles. The summed E-state index contributed by atoms with van der Waals surface area (Å²) < 4.78 is 5.31. The van der Waals surface area contributed by atoms with Gasteiger partial charge in [0.25, 0.3) is 5.91 Å². The molecule has 1 aromatic rings. The Hall–Kier alpha value is -1.82. The minimum atomic E-state index is -0.530. The predicted molar refractivity (Wildman–Crippen MR) is 64.5 cm³/mol. The van der Waals surface area contributed by atoms with Crippen molar-refractivity contribution in [3.8, 4) is 0 Å². The van der Waals surface area contributed by atoms with E-state index in [1.807, 2.05) is 0 Å². The number of hydrogen-bond donors (Lipinski definition) is 2. The van der Waals surface area contributed by atoms with Gasteiger partial charge in [0.1, 0.15) is 11.8 Å². The minimum Gasteiger partial charge on any atom is -0.455 e. The highest BCUT2D eigenvalue weighted by Gasteiger charge is 2.32. The van der Waals surface area contributed by atoms with E-state index in [0.29, 0.717) is 18.7 Å². The number of nitrogens with two attached hydrogens (primary N) is 2. The summed E-state index contributed by atoms with van der Waals surface area (Å²) in [5.74, 6) is 0.00133. The Morgan fingerprint density at radius 2 is 2.17 bits per heavy atom. The molecule has 0 spiro atoms. The van der Waals surface area contributed by atoms with Crippen molar-refractivity contribution >= 4 is 11.8 Å². The summed E-state index contributed by atoms with van der Waals surface area (Å²) in [5, 5.41) is 0. The molecule has 1 aliphatic rings. The van der Waals surface area contributed by atoms with Crippen LogP contribution in [0.3, 0.4) is 0 Å². The molecule has 18 heavy (non-hydrogen) atoms. The molecule has 4 N–H and O–H groups in total. The first kappa shape index (κ1) is 12.6. The topological polar surface area (TPSA) is 103 Å². The van der Waals surface area contributed by atoms with Crippen molar-refractivity contribution < 1.29 is 14.0 Å². The van der Waals surface area contributed by atoms with Crippen LogP contribution in [0.25, 0.3) is 0 Å². The van der Waals surface area contributed by atoms with Crippen LogP contribution in [0.1, 0.15) is 35.6 Å². The van der Waals surface area contributed by atoms with Gasteiger partial charge in [0.15, 0.2) is 5.76 Å². The number of likely N-dealkylation sites (tertiary alicyclic amines) is 1. The van der Waals surface area contributed by atoms with Crippen LogP contribution in [0.4, 0.5) is 0 Å². The van der Waals surface area contributed by atoms with Gasteiger partial charge in [0, 0.05) is 6.54 Å². The third kappa shape index (κ3) is 2.38. The number of piperidine rings is 1. The van der Waals surface area contributed by atoms with E-state index in [9.17, 15) is 9.59 Å². The van der Waals surface area contributed by atoms with E-state index in [-0.39, 0.29) is 18.2 Å². The molecular weight excluding hydrogens is 234 g/mol. The number of amides is 2. The zero-order valence-electron chi connectivity index (χ0n) is 10.1. The van der Waals surface area contributed by atoms with Gasteiger partial charge in [-0.05, 0) is 31.4 Å². The Labute approximate surface area is 105 Å². The molecule has 6 heteroatoms. The van der Waals surface area contributed by atoms with Gasteiger partial charge in [0.05, 0.1) is 6.54 Å². The van der Waals surface area contributed by atoms with Crippen LogP contribution in [-0.4, -0.2) is 29.3 Å². The molecule has 0 saturated carbocycles. The lowest BCUT2D eigenvalue weighted by molar-refractivity contribution is -0.123. The van der Waals surface area contributed by atoms with Gasteiger partial charge in [-0.25, -0.2) is 0 Å². The fourth-order valence-electron chi connectivity index (χ4n) is 2.21. The summed E-state index contributed by atoms with van der Waals surface area (Å²) in [7, 11) is 0. The van der Waals surface area contributed by atoms with Gasteiger partial charge in [-0.3, -0.25) is 9.59 Å². The molecule has 1 aliphatic heterocycles. The average molecular weight is 251 g/mol. The van der Waals surface area contributed by atoms with E-state index < -0.39 is 11.9 Å². The molecule has 1 aromatic heterocycles. The summed E-state index contributed by atoms with van der Waals surface area (Å²) in [6.45, 7) is 0.775. The van der Waals surface area contributed by atoms with Crippen molar-refractivity contribution in [2.24, 2.45) is 11.5 Å². The molecule has 98 valence electrons. The Bertz CT molecular complexity index is 455. The molecule has 0 aromatic carbocycles. The fraction of sp³-hybridized carbons (Fsp3) is 0.500. The first-order valence-electron chi connectivity index (χ1n) is 6.02. The van der Waals surface area contributed by atoms with Crippen LogP contribution in [0.2, 0.25) is 0 Å². The van der Waals surface area contributed by atoms with E-state index in [1.165, 1.54) is 4.90 Å². The lowest BCUT2D eigenvalue weighted by Gasteiger charge is -2.32. The maximum absolute atomic E-state index is 12.2. The lowest BCUT2D eigenvalue weighted by atomic mass is 10.0. The number of carbonyl (C=O) groups excluding carboxylic acids is 2. The second-order valence-electron chi connectivity index (χ2n) is 4.38. The maximum Gasteiger partial charge on any atom is 0.290 e. The van der Waals surface area contributed by atoms with Gasteiger partial charge >= 0.3 is 0 Å².